The fourth-order valence-corrected chi connectivity index (χ4v) is 3.21. The average Bonchev–Trinajstić information content (AvgIpc) is 2.31. The zero-order valence-electron chi connectivity index (χ0n) is 10.6. The fraction of sp³-hybridized carbons (Fsp3) is 0.400. The van der Waals surface area contributed by atoms with Crippen LogP contribution in [-0.2, 0) is 14.8 Å². The van der Waals surface area contributed by atoms with E-state index in [1.807, 2.05) is 0 Å². The van der Waals surface area contributed by atoms with E-state index in [-0.39, 0.29) is 22.5 Å². The second-order valence-electron chi connectivity index (χ2n) is 3.99. The standard InChI is InChI=1S/C10H13BrClN3O3S/c1-14(2)9(16)6-15(3)19(17,18)8-4-7(11)5-13-10(8)12/h4-5H,6H2,1-3H3. The Bertz CT molecular complexity index is 592. The molecule has 0 aliphatic rings. The van der Waals surface area contributed by atoms with Crippen molar-refractivity contribution in [2.45, 2.75) is 4.90 Å². The van der Waals surface area contributed by atoms with Crippen molar-refractivity contribution in [3.05, 3.63) is 21.9 Å². The van der Waals surface area contributed by atoms with E-state index in [1.165, 1.54) is 24.2 Å². The van der Waals surface area contributed by atoms with Crippen molar-refractivity contribution in [1.82, 2.24) is 14.2 Å². The topological polar surface area (TPSA) is 70.6 Å². The van der Waals surface area contributed by atoms with E-state index in [9.17, 15) is 13.2 Å². The molecule has 0 unspecified atom stereocenters. The number of pyridine rings is 1. The number of aromatic nitrogens is 1. The molecule has 6 nitrogen and oxygen atoms in total. The van der Waals surface area contributed by atoms with Crippen LogP contribution in [0, 0.1) is 0 Å². The maximum Gasteiger partial charge on any atom is 0.246 e. The summed E-state index contributed by atoms with van der Waals surface area (Å²) in [7, 11) is 0.558. The monoisotopic (exact) mass is 369 g/mol. The summed E-state index contributed by atoms with van der Waals surface area (Å²) in [6, 6.07) is 1.35. The molecule has 106 valence electrons. The summed E-state index contributed by atoms with van der Waals surface area (Å²) in [6.45, 7) is -0.266. The van der Waals surface area contributed by atoms with E-state index in [0.29, 0.717) is 4.47 Å². The van der Waals surface area contributed by atoms with E-state index in [4.69, 9.17) is 11.6 Å². The molecule has 0 bridgehead atoms. The van der Waals surface area contributed by atoms with Crippen LogP contribution in [0.4, 0.5) is 0 Å². The normalized spacial score (nSPS) is 11.7. The molecule has 19 heavy (non-hydrogen) atoms. The predicted octanol–water partition coefficient (Wildman–Crippen LogP) is 1.21. The SMILES string of the molecule is CN(C)C(=O)CN(C)S(=O)(=O)c1cc(Br)cnc1Cl. The average molecular weight is 371 g/mol. The summed E-state index contributed by atoms with van der Waals surface area (Å²) in [6.07, 6.45) is 1.40. The lowest BCUT2D eigenvalue weighted by atomic mass is 10.5. The number of carbonyl (C=O) groups excluding carboxylic acids is 1. The largest absolute Gasteiger partial charge is 0.348 e. The first-order valence-corrected chi connectivity index (χ1v) is 7.75. The molecule has 0 aliphatic carbocycles. The Hall–Kier alpha value is -0.700. The highest BCUT2D eigenvalue weighted by Crippen LogP contribution is 2.25. The molecule has 0 atom stereocenters. The minimum Gasteiger partial charge on any atom is -0.348 e. The van der Waals surface area contributed by atoms with Gasteiger partial charge in [-0.1, -0.05) is 11.6 Å². The maximum absolute atomic E-state index is 12.3. The smallest absolute Gasteiger partial charge is 0.246 e. The van der Waals surface area contributed by atoms with Gasteiger partial charge in [-0.3, -0.25) is 4.79 Å². The molecule has 1 aromatic rings. The van der Waals surface area contributed by atoms with Crippen molar-refractivity contribution >= 4 is 43.5 Å². The number of likely N-dealkylation sites (N-methyl/N-ethyl adjacent to an activating group) is 2. The minimum atomic E-state index is -3.86. The van der Waals surface area contributed by atoms with Crippen LogP contribution in [-0.4, -0.2) is 56.2 Å². The molecule has 1 heterocycles. The Morgan fingerprint density at radius 1 is 1.42 bits per heavy atom. The molecule has 0 spiro atoms. The van der Waals surface area contributed by atoms with E-state index in [0.717, 1.165) is 4.31 Å². The molecule has 0 radical (unpaired) electrons. The maximum atomic E-state index is 12.3. The molecule has 0 aromatic carbocycles. The van der Waals surface area contributed by atoms with E-state index >= 15 is 0 Å². The van der Waals surface area contributed by atoms with Gasteiger partial charge in [0.05, 0.1) is 6.54 Å². The number of hydrogen-bond donors (Lipinski definition) is 0. The summed E-state index contributed by atoms with van der Waals surface area (Å²) in [5, 5.41) is -0.132. The first kappa shape index (κ1) is 16.4. The molecule has 0 saturated carbocycles. The number of halogens is 2. The summed E-state index contributed by atoms with van der Waals surface area (Å²) < 4.78 is 26.0. The zero-order valence-corrected chi connectivity index (χ0v) is 13.8. The predicted molar refractivity (Wildman–Crippen MR) is 75.5 cm³/mol. The third kappa shape index (κ3) is 3.88. The third-order valence-electron chi connectivity index (χ3n) is 2.32. The van der Waals surface area contributed by atoms with Crippen molar-refractivity contribution < 1.29 is 13.2 Å². The van der Waals surface area contributed by atoms with Gasteiger partial charge in [0.1, 0.15) is 10.0 Å². The van der Waals surface area contributed by atoms with Crippen molar-refractivity contribution in [3.8, 4) is 0 Å². The van der Waals surface area contributed by atoms with Crippen LogP contribution in [0.3, 0.4) is 0 Å². The van der Waals surface area contributed by atoms with Crippen molar-refractivity contribution in [3.63, 3.8) is 0 Å². The molecule has 1 rings (SSSR count). The Balaban J connectivity index is 3.10. The molecule has 0 aliphatic heterocycles. The van der Waals surface area contributed by atoms with Gasteiger partial charge in [0.25, 0.3) is 0 Å². The Morgan fingerprint density at radius 2 is 2.00 bits per heavy atom. The van der Waals surface area contributed by atoms with Gasteiger partial charge in [-0.25, -0.2) is 13.4 Å². The van der Waals surface area contributed by atoms with E-state index < -0.39 is 10.0 Å². The molecule has 1 aromatic heterocycles. The van der Waals surface area contributed by atoms with Gasteiger partial charge in [-0.05, 0) is 22.0 Å². The lowest BCUT2D eigenvalue weighted by Crippen LogP contribution is -2.37. The van der Waals surface area contributed by atoms with Crippen molar-refractivity contribution in [1.29, 1.82) is 0 Å². The molecule has 1 amide bonds. The number of carbonyl (C=O) groups is 1. The van der Waals surface area contributed by atoms with Crippen LogP contribution < -0.4 is 0 Å². The molecular weight excluding hydrogens is 358 g/mol. The van der Waals surface area contributed by atoms with Gasteiger partial charge in [0.15, 0.2) is 0 Å². The highest BCUT2D eigenvalue weighted by molar-refractivity contribution is 9.10. The highest BCUT2D eigenvalue weighted by atomic mass is 79.9. The van der Waals surface area contributed by atoms with Crippen LogP contribution in [0.25, 0.3) is 0 Å². The quantitative estimate of drug-likeness (QED) is 0.747. The minimum absolute atomic E-state index is 0.132. The Labute approximate surface area is 125 Å². The van der Waals surface area contributed by atoms with Crippen LogP contribution in [0.15, 0.2) is 21.6 Å². The summed E-state index contributed by atoms with van der Waals surface area (Å²) in [4.78, 5) is 16.5. The van der Waals surface area contributed by atoms with Gasteiger partial charge < -0.3 is 4.90 Å². The number of nitrogens with zero attached hydrogens (tertiary/aromatic N) is 3. The van der Waals surface area contributed by atoms with Crippen molar-refractivity contribution in [2.24, 2.45) is 0 Å². The van der Waals surface area contributed by atoms with Crippen LogP contribution >= 0.6 is 27.5 Å². The highest BCUT2D eigenvalue weighted by Gasteiger charge is 2.26. The second-order valence-corrected chi connectivity index (χ2v) is 7.28. The second kappa shape index (κ2) is 6.17. The summed E-state index contributed by atoms with van der Waals surface area (Å²) >= 11 is 8.92. The molecule has 9 heteroatoms. The molecule has 0 saturated heterocycles. The summed E-state index contributed by atoms with van der Waals surface area (Å²) in [5.74, 6) is -0.329. The molecule has 0 N–H and O–H groups in total. The van der Waals surface area contributed by atoms with Gasteiger partial charge >= 0.3 is 0 Å². The molecular formula is C10H13BrClN3O3S. The zero-order chi connectivity index (χ0) is 14.8. The van der Waals surface area contributed by atoms with Crippen LogP contribution in [0.5, 0.6) is 0 Å². The molecule has 0 fully saturated rings. The van der Waals surface area contributed by atoms with E-state index in [1.54, 1.807) is 14.1 Å². The summed E-state index contributed by atoms with van der Waals surface area (Å²) in [5.41, 5.74) is 0. The number of amides is 1. The first-order chi connectivity index (χ1) is 8.66. The van der Waals surface area contributed by atoms with Gasteiger partial charge in [0.2, 0.25) is 15.9 Å². The lowest BCUT2D eigenvalue weighted by molar-refractivity contribution is -0.128. The fourth-order valence-electron chi connectivity index (χ4n) is 1.17. The Kier molecular flexibility index (Phi) is 5.31. The first-order valence-electron chi connectivity index (χ1n) is 5.13. The Morgan fingerprint density at radius 3 is 2.53 bits per heavy atom. The van der Waals surface area contributed by atoms with E-state index in [2.05, 4.69) is 20.9 Å². The van der Waals surface area contributed by atoms with Crippen molar-refractivity contribution in [2.75, 3.05) is 27.7 Å². The van der Waals surface area contributed by atoms with Crippen LogP contribution in [0.1, 0.15) is 0 Å². The van der Waals surface area contributed by atoms with Crippen LogP contribution in [0.2, 0.25) is 5.15 Å². The third-order valence-corrected chi connectivity index (χ3v) is 4.98. The van der Waals surface area contributed by atoms with Gasteiger partial charge in [-0.2, -0.15) is 4.31 Å². The number of sulfonamides is 1. The van der Waals surface area contributed by atoms with Gasteiger partial charge in [0, 0.05) is 31.8 Å². The number of hydrogen-bond acceptors (Lipinski definition) is 4. The lowest BCUT2D eigenvalue weighted by Gasteiger charge is -2.19. The number of rotatable bonds is 4. The van der Waals surface area contributed by atoms with Gasteiger partial charge in [-0.15, -0.1) is 0 Å².